The topological polar surface area (TPSA) is 59.0 Å². The van der Waals surface area contributed by atoms with Crippen LogP contribution in [-0.4, -0.2) is 47.0 Å². The lowest BCUT2D eigenvalue weighted by atomic mass is 9.72. The first-order valence-electron chi connectivity index (χ1n) is 9.33. The maximum atomic E-state index is 11.8. The van der Waals surface area contributed by atoms with Gasteiger partial charge in [0.05, 0.1) is 17.2 Å². The molecule has 0 spiro atoms. The number of rotatable bonds is 2. The number of hydrogen-bond donors (Lipinski definition) is 1. The van der Waals surface area contributed by atoms with Crippen LogP contribution in [0.2, 0.25) is 0 Å². The Hall–Kier alpha value is -1.01. The average molecular weight is 349 g/mol. The second kappa shape index (κ2) is 5.49. The van der Waals surface area contributed by atoms with Gasteiger partial charge in [0, 0.05) is 6.54 Å². The van der Waals surface area contributed by atoms with Crippen molar-refractivity contribution in [3.8, 4) is 0 Å². The number of nitrogens with zero attached hydrogens (tertiary/aromatic N) is 1. The molecule has 3 rings (SSSR count). The molecule has 0 radical (unpaired) electrons. The molecule has 2 saturated heterocycles. The van der Waals surface area contributed by atoms with Gasteiger partial charge in [-0.25, -0.2) is 4.79 Å². The van der Waals surface area contributed by atoms with Gasteiger partial charge in [-0.05, 0) is 57.3 Å². The largest absolute Gasteiger partial charge is 0.486 e. The summed E-state index contributed by atoms with van der Waals surface area (Å²) in [6.45, 7) is 15.4. The molecule has 6 heteroatoms. The van der Waals surface area contributed by atoms with Crippen LogP contribution in [0.5, 0.6) is 0 Å². The van der Waals surface area contributed by atoms with Crippen LogP contribution in [0.15, 0.2) is 12.1 Å². The summed E-state index contributed by atoms with van der Waals surface area (Å²) in [4.78, 5) is 13.4. The predicted molar refractivity (Wildman–Crippen MR) is 98.4 cm³/mol. The van der Waals surface area contributed by atoms with Gasteiger partial charge in [0.1, 0.15) is 0 Å². The number of fused-ring (bicyclic) bond motifs is 1. The molecule has 0 aromatic rings. The molecular weight excluding hydrogens is 317 g/mol. The van der Waals surface area contributed by atoms with Crippen LogP contribution in [0.4, 0.5) is 4.79 Å². The number of likely N-dealkylation sites (tertiary alicyclic amines) is 1. The molecule has 2 heterocycles. The Kier molecular flexibility index (Phi) is 4.13. The van der Waals surface area contributed by atoms with Gasteiger partial charge in [-0.2, -0.15) is 0 Å². The average Bonchev–Trinajstić information content (AvgIpc) is 3.12. The molecule has 0 unspecified atom stereocenters. The first kappa shape index (κ1) is 18.8. The lowest BCUT2D eigenvalue weighted by Crippen LogP contribution is -2.49. The first-order valence-corrected chi connectivity index (χ1v) is 9.33. The van der Waals surface area contributed by atoms with Crippen molar-refractivity contribution in [3.05, 3.63) is 12.1 Å². The van der Waals surface area contributed by atoms with E-state index in [9.17, 15) is 9.90 Å². The third-order valence-electron chi connectivity index (χ3n) is 7.11. The molecule has 1 amide bonds. The Morgan fingerprint density at radius 3 is 2.24 bits per heavy atom. The fourth-order valence-electron chi connectivity index (χ4n) is 4.46. The number of carbonyl (C=O) groups is 1. The van der Waals surface area contributed by atoms with E-state index < -0.39 is 13.2 Å². The molecule has 2 aliphatic heterocycles. The van der Waals surface area contributed by atoms with E-state index in [1.54, 1.807) is 4.90 Å². The number of amides is 1. The van der Waals surface area contributed by atoms with Crippen LogP contribution in [0, 0.1) is 16.7 Å². The molecule has 0 aromatic carbocycles. The van der Waals surface area contributed by atoms with E-state index in [0.29, 0.717) is 12.5 Å². The van der Waals surface area contributed by atoms with Gasteiger partial charge in [-0.3, -0.25) is 0 Å². The molecule has 3 aliphatic rings. The van der Waals surface area contributed by atoms with Gasteiger partial charge in [0.15, 0.2) is 0 Å². The van der Waals surface area contributed by atoms with Gasteiger partial charge in [0.2, 0.25) is 0 Å². The summed E-state index contributed by atoms with van der Waals surface area (Å²) in [5.74, 6) is 2.50. The molecule has 1 N–H and O–H groups in total. The minimum atomic E-state index is -0.836. The third-order valence-corrected chi connectivity index (χ3v) is 7.11. The molecular formula is C19H32BNO4. The zero-order valence-corrected chi connectivity index (χ0v) is 16.6. The minimum Gasteiger partial charge on any atom is -0.465 e. The molecule has 0 aromatic heterocycles. The van der Waals surface area contributed by atoms with E-state index in [0.717, 1.165) is 12.8 Å². The van der Waals surface area contributed by atoms with Crippen molar-refractivity contribution >= 4 is 13.2 Å². The van der Waals surface area contributed by atoms with Crippen molar-refractivity contribution in [2.75, 3.05) is 6.54 Å². The molecule has 0 bridgehead atoms. The first-order chi connectivity index (χ1) is 11.3. The fourth-order valence-corrected chi connectivity index (χ4v) is 4.46. The van der Waals surface area contributed by atoms with Crippen LogP contribution < -0.4 is 0 Å². The molecule has 3 fully saturated rings. The lowest BCUT2D eigenvalue weighted by molar-refractivity contribution is 0.00578. The summed E-state index contributed by atoms with van der Waals surface area (Å²) >= 11 is 0. The number of piperidine rings is 1. The highest BCUT2D eigenvalue weighted by Gasteiger charge is 2.64. The second-order valence-electron chi connectivity index (χ2n) is 10.0. The highest BCUT2D eigenvalue weighted by molar-refractivity contribution is 6.51. The second-order valence-corrected chi connectivity index (χ2v) is 10.0. The van der Waals surface area contributed by atoms with Crippen molar-refractivity contribution in [2.45, 2.75) is 78.6 Å². The Balaban J connectivity index is 1.72. The Labute approximate surface area is 151 Å². The normalized spacial score (nSPS) is 36.6. The quantitative estimate of drug-likeness (QED) is 0.766. The smallest absolute Gasteiger partial charge is 0.465 e. The summed E-state index contributed by atoms with van der Waals surface area (Å²) in [5.41, 5.74) is -0.482. The van der Waals surface area contributed by atoms with E-state index in [2.05, 4.69) is 20.8 Å². The van der Waals surface area contributed by atoms with Gasteiger partial charge in [-0.1, -0.05) is 32.8 Å². The van der Waals surface area contributed by atoms with E-state index in [1.807, 2.05) is 39.7 Å². The van der Waals surface area contributed by atoms with E-state index in [1.165, 1.54) is 0 Å². The maximum Gasteiger partial charge on any atom is 0.486 e. The summed E-state index contributed by atoms with van der Waals surface area (Å²) in [7, 11) is -0.422. The number of hydrogen-bond acceptors (Lipinski definition) is 3. The number of carboxylic acid groups (broad SMARTS) is 1. The molecule has 5 nitrogen and oxygen atoms in total. The lowest BCUT2D eigenvalue weighted by Gasteiger charge is -2.42. The van der Waals surface area contributed by atoms with Gasteiger partial charge in [0.25, 0.3) is 0 Å². The molecule has 3 atom stereocenters. The summed E-state index contributed by atoms with van der Waals surface area (Å²) < 4.78 is 12.0. The van der Waals surface area contributed by atoms with Crippen LogP contribution in [0.3, 0.4) is 0 Å². The van der Waals surface area contributed by atoms with Crippen molar-refractivity contribution in [1.29, 1.82) is 0 Å². The van der Waals surface area contributed by atoms with E-state index in [4.69, 9.17) is 9.31 Å². The van der Waals surface area contributed by atoms with Crippen LogP contribution >= 0.6 is 0 Å². The van der Waals surface area contributed by atoms with Crippen LogP contribution in [0.25, 0.3) is 0 Å². The SMILES string of the molecule is CC1(C)OB(C=C[C@@H]2C[C@H]3C[C@@]3(C(C)(C)C)CN2C(=O)O)OC1(C)C. The highest BCUT2D eigenvalue weighted by atomic mass is 16.7. The van der Waals surface area contributed by atoms with Crippen LogP contribution in [-0.2, 0) is 9.31 Å². The molecule has 25 heavy (non-hydrogen) atoms. The van der Waals surface area contributed by atoms with E-state index >= 15 is 0 Å². The minimum absolute atomic E-state index is 0.0977. The van der Waals surface area contributed by atoms with Gasteiger partial charge < -0.3 is 19.3 Å². The van der Waals surface area contributed by atoms with Gasteiger partial charge >= 0.3 is 13.2 Å². The summed E-state index contributed by atoms with van der Waals surface area (Å²) in [6.07, 6.45) is 3.15. The fraction of sp³-hybridized carbons (Fsp3) is 0.842. The monoisotopic (exact) mass is 349 g/mol. The Morgan fingerprint density at radius 2 is 1.76 bits per heavy atom. The Morgan fingerprint density at radius 1 is 1.20 bits per heavy atom. The zero-order valence-electron chi connectivity index (χ0n) is 16.6. The molecule has 140 valence electrons. The molecule has 1 saturated carbocycles. The summed E-state index contributed by atoms with van der Waals surface area (Å²) in [5, 5.41) is 9.71. The third kappa shape index (κ3) is 3.01. The van der Waals surface area contributed by atoms with Crippen LogP contribution in [0.1, 0.15) is 61.3 Å². The Bertz CT molecular complexity index is 579. The van der Waals surface area contributed by atoms with Crippen molar-refractivity contribution in [3.63, 3.8) is 0 Å². The van der Waals surface area contributed by atoms with Gasteiger partial charge in [-0.15, -0.1) is 0 Å². The summed E-state index contributed by atoms with van der Waals surface area (Å²) in [6, 6.07) is -0.0977. The van der Waals surface area contributed by atoms with Crippen molar-refractivity contribution in [1.82, 2.24) is 4.90 Å². The maximum absolute atomic E-state index is 11.8. The highest BCUT2D eigenvalue weighted by Crippen LogP contribution is 2.67. The standard InChI is InChI=1S/C19H32BNO4/c1-16(2,3)19-11-13(19)10-14(21(12-19)15(22)23)8-9-20-24-17(4,5)18(6,7)25-20/h8-9,13-14H,10-12H2,1-7H3,(H,22,23)/t13-,14+,19+/m0/s1. The van der Waals surface area contributed by atoms with Crippen molar-refractivity contribution < 1.29 is 19.2 Å². The van der Waals surface area contributed by atoms with E-state index in [-0.39, 0.29) is 28.1 Å². The zero-order chi connectivity index (χ0) is 18.8. The molecule has 1 aliphatic carbocycles. The van der Waals surface area contributed by atoms with Crippen molar-refractivity contribution in [2.24, 2.45) is 16.7 Å². The predicted octanol–water partition coefficient (Wildman–Crippen LogP) is 3.98.